The number of esters is 3. The van der Waals surface area contributed by atoms with Gasteiger partial charge in [0.15, 0.2) is 5.92 Å². The Labute approximate surface area is 184 Å². The van der Waals surface area contributed by atoms with E-state index < -0.39 is 59.5 Å². The fraction of sp³-hybridized carbons (Fsp3) is 0.476. The van der Waals surface area contributed by atoms with E-state index in [1.165, 1.54) is 38.1 Å². The highest BCUT2D eigenvalue weighted by Crippen LogP contribution is 2.21. The van der Waals surface area contributed by atoms with Gasteiger partial charge in [-0.2, -0.15) is 0 Å². The third kappa shape index (κ3) is 7.33. The first-order chi connectivity index (χ1) is 15.0. The van der Waals surface area contributed by atoms with Crippen LogP contribution in [0.25, 0.3) is 0 Å². The number of carbonyl (C=O) groups excluding carboxylic acids is 5. The molecule has 32 heavy (non-hydrogen) atoms. The van der Waals surface area contributed by atoms with Crippen LogP contribution in [0.4, 0.5) is 4.39 Å². The van der Waals surface area contributed by atoms with E-state index in [0.29, 0.717) is 5.56 Å². The van der Waals surface area contributed by atoms with E-state index in [4.69, 9.17) is 4.74 Å². The first-order valence-electron chi connectivity index (χ1n) is 9.61. The molecule has 0 heterocycles. The van der Waals surface area contributed by atoms with Gasteiger partial charge in [-0.1, -0.05) is 19.1 Å². The van der Waals surface area contributed by atoms with Crippen molar-refractivity contribution in [1.29, 1.82) is 0 Å². The van der Waals surface area contributed by atoms with Crippen molar-refractivity contribution in [3.8, 4) is 0 Å². The van der Waals surface area contributed by atoms with Crippen molar-refractivity contribution in [2.45, 2.75) is 32.4 Å². The predicted molar refractivity (Wildman–Crippen MR) is 108 cm³/mol. The molecule has 1 aromatic carbocycles. The minimum atomic E-state index is -1.52. The highest BCUT2D eigenvalue weighted by molar-refractivity contribution is 5.97. The molecule has 2 N–H and O–H groups in total. The number of hydrogen-bond acceptors (Lipinski definition) is 8. The highest BCUT2D eigenvalue weighted by atomic mass is 19.1. The molecule has 11 heteroatoms. The van der Waals surface area contributed by atoms with E-state index in [0.717, 1.165) is 21.3 Å². The van der Waals surface area contributed by atoms with Gasteiger partial charge in [-0.05, 0) is 17.7 Å². The van der Waals surface area contributed by atoms with Gasteiger partial charge in [0.05, 0.1) is 21.3 Å². The second-order valence-corrected chi connectivity index (χ2v) is 6.98. The van der Waals surface area contributed by atoms with Crippen molar-refractivity contribution < 1.29 is 42.6 Å². The summed E-state index contributed by atoms with van der Waals surface area (Å²) in [6, 6.07) is 2.72. The maximum absolute atomic E-state index is 13.2. The number of rotatable bonds is 10. The summed E-state index contributed by atoms with van der Waals surface area (Å²) in [6.45, 7) is 2.57. The molecule has 3 atom stereocenters. The maximum Gasteiger partial charge on any atom is 0.328 e. The lowest BCUT2D eigenvalue weighted by Gasteiger charge is -2.28. The van der Waals surface area contributed by atoms with Crippen molar-refractivity contribution in [1.82, 2.24) is 10.6 Å². The normalized spacial score (nSPS) is 13.3. The van der Waals surface area contributed by atoms with E-state index in [1.807, 2.05) is 0 Å². The molecule has 0 aliphatic rings. The van der Waals surface area contributed by atoms with Gasteiger partial charge in [0.2, 0.25) is 11.8 Å². The van der Waals surface area contributed by atoms with E-state index in [-0.39, 0.29) is 6.42 Å². The first-order valence-corrected chi connectivity index (χ1v) is 9.61. The van der Waals surface area contributed by atoms with Crippen molar-refractivity contribution in [3.63, 3.8) is 0 Å². The van der Waals surface area contributed by atoms with Crippen molar-refractivity contribution in [2.75, 3.05) is 21.3 Å². The van der Waals surface area contributed by atoms with Crippen LogP contribution in [0.5, 0.6) is 0 Å². The van der Waals surface area contributed by atoms with E-state index in [1.54, 1.807) is 0 Å². The lowest BCUT2D eigenvalue weighted by molar-refractivity contribution is -0.163. The standard InChI is InChI=1S/C21H27FN2O8/c1-11(16(19(27)30-3)20(28)31-4)17(21(29)32-5)24-18(26)15(23-12(2)25)10-13-6-8-14(22)9-7-13/h6-9,11,15-17H,10H2,1-5H3,(H,23,25)(H,24,26)/t11-,15-,17+/m1/s1. The van der Waals surface area contributed by atoms with E-state index in [2.05, 4.69) is 20.1 Å². The quantitative estimate of drug-likeness (QED) is 0.289. The van der Waals surface area contributed by atoms with Crippen LogP contribution in [0.2, 0.25) is 0 Å². The molecule has 1 rings (SSSR count). The smallest absolute Gasteiger partial charge is 0.328 e. The number of nitrogens with one attached hydrogen (secondary N) is 2. The predicted octanol–water partition coefficient (Wildman–Crippen LogP) is 0.129. The molecule has 0 saturated carbocycles. The Morgan fingerprint density at radius 3 is 1.81 bits per heavy atom. The first kappa shape index (κ1) is 26.5. The van der Waals surface area contributed by atoms with Gasteiger partial charge in [0.1, 0.15) is 17.9 Å². The van der Waals surface area contributed by atoms with E-state index in [9.17, 15) is 28.4 Å². The van der Waals surface area contributed by atoms with Crippen LogP contribution >= 0.6 is 0 Å². The molecule has 2 amide bonds. The fourth-order valence-electron chi connectivity index (χ4n) is 3.07. The van der Waals surface area contributed by atoms with Crippen molar-refractivity contribution >= 4 is 29.7 Å². The van der Waals surface area contributed by atoms with Gasteiger partial charge in [0, 0.05) is 19.3 Å². The molecular weight excluding hydrogens is 427 g/mol. The second-order valence-electron chi connectivity index (χ2n) is 6.98. The SMILES string of the molecule is COC(=O)C(C(=O)OC)[C@@H](C)[C@H](NC(=O)[C@@H](Cc1ccc(F)cc1)NC(C)=O)C(=O)OC. The number of halogens is 1. The number of carbonyl (C=O) groups is 5. The second kappa shape index (κ2) is 12.4. The van der Waals surface area contributed by atoms with Gasteiger partial charge in [-0.25, -0.2) is 9.18 Å². The van der Waals surface area contributed by atoms with Crippen LogP contribution < -0.4 is 10.6 Å². The van der Waals surface area contributed by atoms with Crippen LogP contribution in [-0.2, 0) is 44.6 Å². The average Bonchev–Trinajstić information content (AvgIpc) is 2.76. The van der Waals surface area contributed by atoms with Gasteiger partial charge in [0.25, 0.3) is 0 Å². The highest BCUT2D eigenvalue weighted by Gasteiger charge is 2.43. The molecular formula is C21H27FN2O8. The fourth-order valence-corrected chi connectivity index (χ4v) is 3.07. The number of methoxy groups -OCH3 is 3. The zero-order chi connectivity index (χ0) is 24.4. The van der Waals surface area contributed by atoms with Gasteiger partial charge < -0.3 is 24.8 Å². The molecule has 10 nitrogen and oxygen atoms in total. The Hall–Kier alpha value is -3.50. The van der Waals surface area contributed by atoms with Gasteiger partial charge in [-0.3, -0.25) is 19.2 Å². The number of amides is 2. The molecule has 1 aromatic rings. The summed E-state index contributed by atoms with van der Waals surface area (Å²) in [6.07, 6.45) is -0.00853. The minimum absolute atomic E-state index is 0.00853. The molecule has 176 valence electrons. The summed E-state index contributed by atoms with van der Waals surface area (Å²) < 4.78 is 27.1. The lowest BCUT2D eigenvalue weighted by atomic mass is 9.87. The monoisotopic (exact) mass is 454 g/mol. The Kier molecular flexibility index (Phi) is 10.3. The number of hydrogen-bond donors (Lipinski definition) is 2. The topological polar surface area (TPSA) is 137 Å². The Morgan fingerprint density at radius 1 is 0.875 bits per heavy atom. The summed E-state index contributed by atoms with van der Waals surface area (Å²) in [4.78, 5) is 61.2. The molecule has 0 spiro atoms. The van der Waals surface area contributed by atoms with E-state index >= 15 is 0 Å². The summed E-state index contributed by atoms with van der Waals surface area (Å²) >= 11 is 0. The zero-order valence-electron chi connectivity index (χ0n) is 18.5. The average molecular weight is 454 g/mol. The molecule has 0 radical (unpaired) electrons. The van der Waals surface area contributed by atoms with Crippen LogP contribution in [0.3, 0.4) is 0 Å². The Bertz CT molecular complexity index is 827. The summed E-state index contributed by atoms with van der Waals surface area (Å²) in [5.41, 5.74) is 0.546. The number of ether oxygens (including phenoxy) is 3. The molecule has 0 bridgehead atoms. The van der Waals surface area contributed by atoms with Crippen LogP contribution in [0.1, 0.15) is 19.4 Å². The molecule has 0 aliphatic carbocycles. The minimum Gasteiger partial charge on any atom is -0.468 e. The summed E-state index contributed by atoms with van der Waals surface area (Å²) in [5.74, 6) is -7.25. The number of benzene rings is 1. The molecule has 0 aromatic heterocycles. The maximum atomic E-state index is 13.2. The largest absolute Gasteiger partial charge is 0.468 e. The molecule has 0 fully saturated rings. The summed E-state index contributed by atoms with van der Waals surface area (Å²) in [5, 5.41) is 4.89. The van der Waals surface area contributed by atoms with Crippen LogP contribution in [0, 0.1) is 17.7 Å². The van der Waals surface area contributed by atoms with Gasteiger partial charge >= 0.3 is 17.9 Å². The van der Waals surface area contributed by atoms with Gasteiger partial charge in [-0.15, -0.1) is 0 Å². The van der Waals surface area contributed by atoms with Crippen LogP contribution in [0.15, 0.2) is 24.3 Å². The van der Waals surface area contributed by atoms with Crippen molar-refractivity contribution in [3.05, 3.63) is 35.6 Å². The summed E-state index contributed by atoms with van der Waals surface area (Å²) in [7, 11) is 3.20. The Morgan fingerprint density at radius 2 is 1.38 bits per heavy atom. The van der Waals surface area contributed by atoms with Crippen molar-refractivity contribution in [2.24, 2.45) is 11.8 Å². The Balaban J connectivity index is 3.19. The lowest BCUT2D eigenvalue weighted by Crippen LogP contribution is -2.56. The third-order valence-electron chi connectivity index (χ3n) is 4.76. The van der Waals surface area contributed by atoms with Crippen LogP contribution in [-0.4, -0.2) is 63.1 Å². The molecule has 0 saturated heterocycles. The third-order valence-corrected chi connectivity index (χ3v) is 4.76. The molecule has 0 unspecified atom stereocenters. The zero-order valence-corrected chi connectivity index (χ0v) is 18.5. The molecule has 0 aliphatic heterocycles.